The molecule has 116 valence electrons. The zero-order valence-corrected chi connectivity index (χ0v) is 12.5. The lowest BCUT2D eigenvalue weighted by atomic mass is 10.2. The zero-order valence-electron chi connectivity index (χ0n) is 12.5. The molecule has 0 aliphatic carbocycles. The molecule has 1 heterocycles. The van der Waals surface area contributed by atoms with Crippen LogP contribution in [0.25, 0.3) is 0 Å². The van der Waals surface area contributed by atoms with Gasteiger partial charge in [-0.1, -0.05) is 6.92 Å². The molecule has 0 radical (unpaired) electrons. The molecular formula is C14H22N4O3. The third kappa shape index (κ3) is 4.57. The predicted molar refractivity (Wildman–Crippen MR) is 81.6 cm³/mol. The standard InChI is InChI=1S/C14H22N4O3/c1-3-8-21-14-10-12(9-13(11-14)18(19)20)15-17-6-4-16(2)5-7-17/h9-11,15H,3-8H2,1-2H3. The average molecular weight is 294 g/mol. The van der Waals surface area contributed by atoms with Crippen LogP contribution >= 0.6 is 0 Å². The van der Waals surface area contributed by atoms with Gasteiger partial charge in [-0.05, 0) is 13.5 Å². The molecule has 21 heavy (non-hydrogen) atoms. The van der Waals surface area contributed by atoms with Gasteiger partial charge in [0, 0.05) is 38.3 Å². The van der Waals surface area contributed by atoms with Crippen molar-refractivity contribution in [2.45, 2.75) is 13.3 Å². The normalized spacial score (nSPS) is 16.7. The van der Waals surface area contributed by atoms with Gasteiger partial charge in [-0.3, -0.25) is 10.1 Å². The molecular weight excluding hydrogens is 272 g/mol. The number of hydrogen-bond acceptors (Lipinski definition) is 6. The SMILES string of the molecule is CCCOc1cc(NN2CCN(C)CC2)cc([N+](=O)[O-])c1. The van der Waals surface area contributed by atoms with Gasteiger partial charge in [0.15, 0.2) is 0 Å². The Bertz CT molecular complexity index is 487. The molecule has 0 unspecified atom stereocenters. The maximum atomic E-state index is 11.0. The van der Waals surface area contributed by atoms with E-state index in [0.29, 0.717) is 18.0 Å². The molecule has 0 amide bonds. The Balaban J connectivity index is 2.09. The van der Waals surface area contributed by atoms with E-state index in [1.165, 1.54) is 12.1 Å². The van der Waals surface area contributed by atoms with Crippen molar-refractivity contribution in [2.75, 3.05) is 45.3 Å². The highest BCUT2D eigenvalue weighted by Gasteiger charge is 2.16. The van der Waals surface area contributed by atoms with E-state index >= 15 is 0 Å². The van der Waals surface area contributed by atoms with Gasteiger partial charge in [-0.2, -0.15) is 0 Å². The monoisotopic (exact) mass is 294 g/mol. The number of non-ortho nitro benzene ring substituents is 1. The van der Waals surface area contributed by atoms with Gasteiger partial charge in [0.25, 0.3) is 5.69 Å². The fraction of sp³-hybridized carbons (Fsp3) is 0.571. The second-order valence-corrected chi connectivity index (χ2v) is 5.22. The quantitative estimate of drug-likeness (QED) is 0.639. The van der Waals surface area contributed by atoms with Crippen LogP contribution in [0.3, 0.4) is 0 Å². The van der Waals surface area contributed by atoms with Crippen molar-refractivity contribution in [3.63, 3.8) is 0 Å². The number of benzene rings is 1. The first-order valence-corrected chi connectivity index (χ1v) is 7.21. The topological polar surface area (TPSA) is 70.9 Å². The maximum absolute atomic E-state index is 11.0. The molecule has 0 spiro atoms. The van der Waals surface area contributed by atoms with Crippen molar-refractivity contribution in [3.05, 3.63) is 28.3 Å². The van der Waals surface area contributed by atoms with Crippen LogP contribution in [0.4, 0.5) is 11.4 Å². The molecule has 1 saturated heterocycles. The third-order valence-corrected chi connectivity index (χ3v) is 3.37. The summed E-state index contributed by atoms with van der Waals surface area (Å²) >= 11 is 0. The molecule has 2 rings (SSSR count). The van der Waals surface area contributed by atoms with Crippen molar-refractivity contribution >= 4 is 11.4 Å². The Morgan fingerprint density at radius 3 is 2.62 bits per heavy atom. The fourth-order valence-electron chi connectivity index (χ4n) is 2.16. The first-order valence-electron chi connectivity index (χ1n) is 7.21. The van der Waals surface area contributed by atoms with E-state index < -0.39 is 4.92 Å². The first kappa shape index (κ1) is 15.5. The first-order chi connectivity index (χ1) is 10.1. The van der Waals surface area contributed by atoms with E-state index in [1.807, 2.05) is 6.92 Å². The Hall–Kier alpha value is -1.86. The van der Waals surface area contributed by atoms with Crippen LogP contribution in [0.15, 0.2) is 18.2 Å². The molecule has 1 fully saturated rings. The summed E-state index contributed by atoms with van der Waals surface area (Å²) in [6, 6.07) is 4.81. The summed E-state index contributed by atoms with van der Waals surface area (Å²) in [6.45, 7) is 6.26. The Morgan fingerprint density at radius 1 is 1.29 bits per heavy atom. The minimum atomic E-state index is -0.395. The minimum absolute atomic E-state index is 0.0419. The molecule has 1 aliphatic heterocycles. The highest BCUT2D eigenvalue weighted by molar-refractivity contribution is 5.56. The lowest BCUT2D eigenvalue weighted by Gasteiger charge is -2.33. The summed E-state index contributed by atoms with van der Waals surface area (Å²) in [7, 11) is 2.08. The highest BCUT2D eigenvalue weighted by atomic mass is 16.6. The lowest BCUT2D eigenvalue weighted by molar-refractivity contribution is -0.384. The van der Waals surface area contributed by atoms with Gasteiger partial charge in [0.1, 0.15) is 5.75 Å². The van der Waals surface area contributed by atoms with Crippen LogP contribution in [0.2, 0.25) is 0 Å². The average Bonchev–Trinajstić information content (AvgIpc) is 2.47. The summed E-state index contributed by atoms with van der Waals surface area (Å²) < 4.78 is 5.52. The molecule has 1 aromatic rings. The van der Waals surface area contributed by atoms with Crippen molar-refractivity contribution in [3.8, 4) is 5.75 Å². The molecule has 1 N–H and O–H groups in total. The summed E-state index contributed by atoms with van der Waals surface area (Å²) in [5.74, 6) is 0.530. The summed E-state index contributed by atoms with van der Waals surface area (Å²) in [5, 5.41) is 13.1. The molecule has 7 heteroatoms. The van der Waals surface area contributed by atoms with Crippen LogP contribution in [-0.4, -0.2) is 54.7 Å². The Labute approximate surface area is 124 Å². The van der Waals surface area contributed by atoms with Gasteiger partial charge < -0.3 is 15.1 Å². The van der Waals surface area contributed by atoms with Gasteiger partial charge >= 0.3 is 0 Å². The molecule has 0 aromatic heterocycles. The highest BCUT2D eigenvalue weighted by Crippen LogP contribution is 2.26. The maximum Gasteiger partial charge on any atom is 0.275 e. The molecule has 1 aromatic carbocycles. The summed E-state index contributed by atoms with van der Waals surface area (Å²) in [6.07, 6.45) is 0.865. The van der Waals surface area contributed by atoms with Crippen molar-refractivity contribution in [1.82, 2.24) is 9.91 Å². The number of ether oxygens (including phenoxy) is 1. The Kier molecular flexibility index (Phi) is 5.35. The Morgan fingerprint density at radius 2 is 2.00 bits per heavy atom. The molecule has 7 nitrogen and oxygen atoms in total. The number of nitrogens with one attached hydrogen (secondary N) is 1. The van der Waals surface area contributed by atoms with Crippen molar-refractivity contribution < 1.29 is 9.66 Å². The second kappa shape index (κ2) is 7.24. The molecule has 1 aliphatic rings. The summed E-state index contributed by atoms with van der Waals surface area (Å²) in [5.41, 5.74) is 3.97. The predicted octanol–water partition coefficient (Wildman–Crippen LogP) is 1.96. The largest absolute Gasteiger partial charge is 0.493 e. The molecule has 0 bridgehead atoms. The number of nitrogens with zero attached hydrogens (tertiary/aromatic N) is 3. The van der Waals surface area contributed by atoms with E-state index in [9.17, 15) is 10.1 Å². The van der Waals surface area contributed by atoms with Gasteiger partial charge in [-0.15, -0.1) is 0 Å². The van der Waals surface area contributed by atoms with Crippen LogP contribution in [0.5, 0.6) is 5.75 Å². The van der Waals surface area contributed by atoms with E-state index in [1.54, 1.807) is 6.07 Å². The number of hydrogen-bond donors (Lipinski definition) is 1. The van der Waals surface area contributed by atoms with Crippen LogP contribution in [0, 0.1) is 10.1 Å². The van der Waals surface area contributed by atoms with Crippen LogP contribution < -0.4 is 10.2 Å². The van der Waals surface area contributed by atoms with Crippen molar-refractivity contribution in [2.24, 2.45) is 0 Å². The van der Waals surface area contributed by atoms with Crippen LogP contribution in [0.1, 0.15) is 13.3 Å². The number of hydrazine groups is 1. The number of nitro groups is 1. The number of rotatable bonds is 6. The van der Waals surface area contributed by atoms with E-state index in [4.69, 9.17) is 4.74 Å². The lowest BCUT2D eigenvalue weighted by Crippen LogP contribution is -2.46. The zero-order chi connectivity index (χ0) is 15.2. The van der Waals surface area contributed by atoms with Gasteiger partial charge in [-0.25, -0.2) is 5.01 Å². The number of anilines is 1. The number of nitro benzene ring substituents is 1. The second-order valence-electron chi connectivity index (χ2n) is 5.22. The van der Waals surface area contributed by atoms with E-state index in [2.05, 4.69) is 22.4 Å². The third-order valence-electron chi connectivity index (χ3n) is 3.37. The summed E-state index contributed by atoms with van der Waals surface area (Å²) in [4.78, 5) is 12.9. The number of piperazine rings is 1. The minimum Gasteiger partial charge on any atom is -0.493 e. The van der Waals surface area contributed by atoms with Gasteiger partial charge in [0.2, 0.25) is 0 Å². The number of likely N-dealkylation sites (N-methyl/N-ethyl adjacent to an activating group) is 1. The molecule has 0 atom stereocenters. The van der Waals surface area contributed by atoms with E-state index in [0.717, 1.165) is 32.6 Å². The van der Waals surface area contributed by atoms with Crippen LogP contribution in [-0.2, 0) is 0 Å². The smallest absolute Gasteiger partial charge is 0.275 e. The van der Waals surface area contributed by atoms with Crippen molar-refractivity contribution in [1.29, 1.82) is 0 Å². The van der Waals surface area contributed by atoms with Gasteiger partial charge in [0.05, 0.1) is 23.3 Å². The van der Waals surface area contributed by atoms with E-state index in [-0.39, 0.29) is 5.69 Å². The molecule has 0 saturated carbocycles. The fourth-order valence-corrected chi connectivity index (χ4v) is 2.16.